The normalized spacial score (nSPS) is 9.43. The van der Waals surface area contributed by atoms with E-state index in [1.54, 1.807) is 17.5 Å². The SMILES string of the molecule is [CH2]c1cnc(C)s1. The molecule has 0 unspecified atom stereocenters. The first-order chi connectivity index (χ1) is 3.29. The van der Waals surface area contributed by atoms with Gasteiger partial charge in [-0.1, -0.05) is 0 Å². The van der Waals surface area contributed by atoms with E-state index >= 15 is 0 Å². The van der Waals surface area contributed by atoms with Crippen molar-refractivity contribution in [1.29, 1.82) is 0 Å². The maximum absolute atomic E-state index is 3.97. The Balaban J connectivity index is 3.04. The number of aromatic nitrogens is 1. The Hall–Kier alpha value is -0.370. The van der Waals surface area contributed by atoms with Gasteiger partial charge in [-0.15, -0.1) is 11.3 Å². The van der Waals surface area contributed by atoms with Gasteiger partial charge in [-0.05, 0) is 13.8 Å². The Kier molecular flexibility index (Phi) is 1.11. The second kappa shape index (κ2) is 1.62. The summed E-state index contributed by atoms with van der Waals surface area (Å²) < 4.78 is 0. The summed E-state index contributed by atoms with van der Waals surface area (Å²) in [6, 6.07) is 0. The molecule has 1 radical (unpaired) electrons. The summed E-state index contributed by atoms with van der Waals surface area (Å²) in [6.07, 6.45) is 1.78. The summed E-state index contributed by atoms with van der Waals surface area (Å²) >= 11 is 1.62. The van der Waals surface area contributed by atoms with Gasteiger partial charge in [0, 0.05) is 11.1 Å². The Morgan fingerprint density at radius 1 is 1.86 bits per heavy atom. The van der Waals surface area contributed by atoms with Gasteiger partial charge in [-0.25, -0.2) is 4.98 Å². The lowest BCUT2D eigenvalue weighted by Crippen LogP contribution is -1.57. The average molecular weight is 112 g/mol. The van der Waals surface area contributed by atoms with Gasteiger partial charge in [0.1, 0.15) is 0 Å². The maximum Gasteiger partial charge on any atom is 0.0896 e. The van der Waals surface area contributed by atoms with E-state index in [4.69, 9.17) is 0 Å². The van der Waals surface area contributed by atoms with E-state index in [0.717, 1.165) is 9.88 Å². The van der Waals surface area contributed by atoms with Crippen LogP contribution in [-0.2, 0) is 0 Å². The van der Waals surface area contributed by atoms with E-state index < -0.39 is 0 Å². The lowest BCUT2D eigenvalue weighted by molar-refractivity contribution is 1.29. The highest BCUT2D eigenvalue weighted by Crippen LogP contribution is 2.07. The summed E-state index contributed by atoms with van der Waals surface area (Å²) in [6.45, 7) is 5.67. The number of hydrogen-bond acceptors (Lipinski definition) is 2. The molecule has 7 heavy (non-hydrogen) atoms. The van der Waals surface area contributed by atoms with E-state index in [-0.39, 0.29) is 0 Å². The molecule has 0 amide bonds. The predicted molar refractivity (Wildman–Crippen MR) is 31.3 cm³/mol. The van der Waals surface area contributed by atoms with Crippen molar-refractivity contribution in [2.45, 2.75) is 6.92 Å². The maximum atomic E-state index is 3.97. The molecule has 1 heterocycles. The molecular formula is C5H6NS. The molecule has 1 aromatic rings. The minimum atomic E-state index is 1.04. The summed E-state index contributed by atoms with van der Waals surface area (Å²) in [5.41, 5.74) is 0. The van der Waals surface area contributed by atoms with Gasteiger partial charge in [-0.3, -0.25) is 0 Å². The first-order valence-corrected chi connectivity index (χ1v) is 2.85. The molecule has 1 rings (SSSR count). The van der Waals surface area contributed by atoms with Crippen molar-refractivity contribution in [3.63, 3.8) is 0 Å². The van der Waals surface area contributed by atoms with E-state index in [1.165, 1.54) is 0 Å². The van der Waals surface area contributed by atoms with Crippen LogP contribution >= 0.6 is 11.3 Å². The third-order valence-electron chi connectivity index (χ3n) is 0.669. The minimum absolute atomic E-state index is 1.04. The minimum Gasteiger partial charge on any atom is -0.250 e. The first-order valence-electron chi connectivity index (χ1n) is 2.03. The smallest absolute Gasteiger partial charge is 0.0896 e. The molecule has 1 nitrogen and oxygen atoms in total. The number of hydrogen-bond donors (Lipinski definition) is 0. The predicted octanol–water partition coefficient (Wildman–Crippen LogP) is 1.63. The van der Waals surface area contributed by atoms with Crippen LogP contribution in [0.25, 0.3) is 0 Å². The third-order valence-corrected chi connectivity index (χ3v) is 1.44. The summed E-state index contributed by atoms with van der Waals surface area (Å²) in [5, 5.41) is 1.09. The second-order valence-electron chi connectivity index (χ2n) is 1.35. The Bertz CT molecular complexity index is 140. The fraction of sp³-hybridized carbons (Fsp3) is 0.200. The molecular weight excluding hydrogens is 106 g/mol. The Morgan fingerprint density at radius 2 is 2.57 bits per heavy atom. The molecule has 37 valence electrons. The van der Waals surface area contributed by atoms with Crippen molar-refractivity contribution in [3.8, 4) is 0 Å². The van der Waals surface area contributed by atoms with Crippen LogP contribution in [0.1, 0.15) is 9.88 Å². The van der Waals surface area contributed by atoms with Crippen LogP contribution < -0.4 is 0 Å². The van der Waals surface area contributed by atoms with Gasteiger partial charge in [0.25, 0.3) is 0 Å². The van der Waals surface area contributed by atoms with Crippen LogP contribution in [0, 0.1) is 13.8 Å². The number of thiazole rings is 1. The quantitative estimate of drug-likeness (QED) is 0.497. The molecule has 2 heteroatoms. The van der Waals surface area contributed by atoms with Crippen LogP contribution in [0.15, 0.2) is 6.20 Å². The van der Waals surface area contributed by atoms with Gasteiger partial charge in [0.05, 0.1) is 5.01 Å². The van der Waals surface area contributed by atoms with E-state index in [2.05, 4.69) is 11.9 Å². The largest absolute Gasteiger partial charge is 0.250 e. The Morgan fingerprint density at radius 3 is 2.71 bits per heavy atom. The van der Waals surface area contributed by atoms with Crippen molar-refractivity contribution in [2.75, 3.05) is 0 Å². The summed E-state index contributed by atoms with van der Waals surface area (Å²) in [7, 11) is 0. The first kappa shape index (κ1) is 4.78. The summed E-state index contributed by atoms with van der Waals surface area (Å²) in [5.74, 6) is 0. The number of rotatable bonds is 0. The third kappa shape index (κ3) is 0.996. The van der Waals surface area contributed by atoms with Gasteiger partial charge >= 0.3 is 0 Å². The van der Waals surface area contributed by atoms with Gasteiger partial charge in [-0.2, -0.15) is 0 Å². The topological polar surface area (TPSA) is 12.9 Å². The van der Waals surface area contributed by atoms with Gasteiger partial charge in [0.2, 0.25) is 0 Å². The van der Waals surface area contributed by atoms with Crippen LogP contribution in [0.4, 0.5) is 0 Å². The van der Waals surface area contributed by atoms with E-state index in [9.17, 15) is 0 Å². The van der Waals surface area contributed by atoms with Crippen molar-refractivity contribution in [2.24, 2.45) is 0 Å². The molecule has 0 aromatic carbocycles. The Labute approximate surface area is 47.0 Å². The van der Waals surface area contributed by atoms with Crippen molar-refractivity contribution in [1.82, 2.24) is 4.98 Å². The average Bonchev–Trinajstić information content (AvgIpc) is 1.87. The lowest BCUT2D eigenvalue weighted by atomic mass is 10.6. The van der Waals surface area contributed by atoms with Crippen molar-refractivity contribution in [3.05, 3.63) is 23.0 Å². The summed E-state index contributed by atoms with van der Waals surface area (Å²) in [4.78, 5) is 5.01. The zero-order valence-corrected chi connectivity index (χ0v) is 4.96. The molecule has 0 spiro atoms. The highest BCUT2D eigenvalue weighted by atomic mass is 32.1. The fourth-order valence-electron chi connectivity index (χ4n) is 0.405. The van der Waals surface area contributed by atoms with Crippen molar-refractivity contribution >= 4 is 11.3 Å². The zero-order chi connectivity index (χ0) is 5.28. The fourth-order valence-corrected chi connectivity index (χ4v) is 0.996. The molecule has 0 aliphatic heterocycles. The van der Waals surface area contributed by atoms with E-state index in [1.807, 2.05) is 6.92 Å². The molecule has 0 bridgehead atoms. The van der Waals surface area contributed by atoms with Gasteiger partial charge in [0.15, 0.2) is 0 Å². The molecule has 0 saturated heterocycles. The second-order valence-corrected chi connectivity index (χ2v) is 2.66. The molecule has 0 aliphatic rings. The zero-order valence-electron chi connectivity index (χ0n) is 4.14. The van der Waals surface area contributed by atoms with Crippen LogP contribution in [0.3, 0.4) is 0 Å². The van der Waals surface area contributed by atoms with Gasteiger partial charge < -0.3 is 0 Å². The van der Waals surface area contributed by atoms with Crippen LogP contribution in [0.5, 0.6) is 0 Å². The van der Waals surface area contributed by atoms with Crippen molar-refractivity contribution < 1.29 is 0 Å². The highest BCUT2D eigenvalue weighted by Gasteiger charge is 1.86. The standard InChI is InChI=1S/C5H6NS/c1-4-3-6-5(2)7-4/h3H,1H2,2H3. The lowest BCUT2D eigenvalue weighted by Gasteiger charge is -1.68. The number of aryl methyl sites for hydroxylation is 1. The highest BCUT2D eigenvalue weighted by molar-refractivity contribution is 7.11. The molecule has 0 N–H and O–H groups in total. The molecule has 0 aliphatic carbocycles. The van der Waals surface area contributed by atoms with Crippen LogP contribution in [0.2, 0.25) is 0 Å². The van der Waals surface area contributed by atoms with E-state index in [0.29, 0.717) is 0 Å². The molecule has 0 fully saturated rings. The van der Waals surface area contributed by atoms with Crippen LogP contribution in [-0.4, -0.2) is 4.98 Å². The monoisotopic (exact) mass is 112 g/mol. The number of nitrogens with zero attached hydrogens (tertiary/aromatic N) is 1. The molecule has 0 saturated carbocycles. The molecule has 1 aromatic heterocycles. The molecule has 0 atom stereocenters.